The van der Waals surface area contributed by atoms with Gasteiger partial charge in [-0.2, -0.15) is 0 Å². The zero-order valence-corrected chi connectivity index (χ0v) is 12.4. The van der Waals surface area contributed by atoms with Crippen molar-refractivity contribution in [1.29, 1.82) is 0 Å². The number of aromatic carboxylic acids is 1. The SMILES string of the molecule is O=C1CN(S(=O)(=O)c2cc3cc(C(=O)O)ccc3s2)C(=O)N1. The highest BCUT2D eigenvalue weighted by Gasteiger charge is 2.38. The van der Waals surface area contributed by atoms with Gasteiger partial charge in [0.15, 0.2) is 0 Å². The quantitative estimate of drug-likeness (QED) is 0.799. The average molecular weight is 340 g/mol. The summed E-state index contributed by atoms with van der Waals surface area (Å²) in [6, 6.07) is 4.51. The molecule has 10 heteroatoms. The molecule has 0 atom stereocenters. The number of benzene rings is 1. The van der Waals surface area contributed by atoms with Gasteiger partial charge in [0.25, 0.3) is 10.0 Å². The molecule has 22 heavy (non-hydrogen) atoms. The predicted molar refractivity (Wildman–Crippen MR) is 76.2 cm³/mol. The molecule has 3 rings (SSSR count). The number of nitrogens with one attached hydrogen (secondary N) is 1. The molecule has 1 aromatic heterocycles. The Labute approximate surface area is 128 Å². The minimum absolute atomic E-state index is 0.0309. The summed E-state index contributed by atoms with van der Waals surface area (Å²) in [5.74, 6) is -1.81. The van der Waals surface area contributed by atoms with Gasteiger partial charge >= 0.3 is 12.0 Å². The number of carboxylic acids is 1. The molecular formula is C12H8N2O6S2. The molecule has 1 saturated heterocycles. The van der Waals surface area contributed by atoms with Crippen molar-refractivity contribution in [2.75, 3.05) is 6.54 Å². The van der Waals surface area contributed by atoms with Crippen LogP contribution in [0.2, 0.25) is 0 Å². The zero-order chi connectivity index (χ0) is 16.1. The van der Waals surface area contributed by atoms with Gasteiger partial charge in [0.2, 0.25) is 5.91 Å². The summed E-state index contributed by atoms with van der Waals surface area (Å²) in [4.78, 5) is 33.6. The highest BCUT2D eigenvalue weighted by Crippen LogP contribution is 2.32. The number of rotatable bonds is 3. The molecule has 2 aromatic rings. The lowest BCUT2D eigenvalue weighted by atomic mass is 10.2. The molecule has 0 unspecified atom stereocenters. The second-order valence-electron chi connectivity index (χ2n) is 4.49. The number of imide groups is 1. The van der Waals surface area contributed by atoms with E-state index in [1.807, 2.05) is 5.32 Å². The van der Waals surface area contributed by atoms with Gasteiger partial charge in [0.1, 0.15) is 10.8 Å². The molecule has 114 valence electrons. The van der Waals surface area contributed by atoms with E-state index in [1.165, 1.54) is 24.3 Å². The van der Waals surface area contributed by atoms with Crippen molar-refractivity contribution in [2.45, 2.75) is 4.21 Å². The van der Waals surface area contributed by atoms with Gasteiger partial charge in [-0.05, 0) is 29.7 Å². The minimum atomic E-state index is -4.14. The van der Waals surface area contributed by atoms with Crippen molar-refractivity contribution in [1.82, 2.24) is 9.62 Å². The van der Waals surface area contributed by atoms with Gasteiger partial charge < -0.3 is 5.11 Å². The summed E-state index contributed by atoms with van der Waals surface area (Å²) in [5.41, 5.74) is 0.0309. The van der Waals surface area contributed by atoms with Gasteiger partial charge in [-0.15, -0.1) is 11.3 Å². The monoisotopic (exact) mass is 340 g/mol. The Bertz CT molecular complexity index is 930. The standard InChI is InChI=1S/C12H8N2O6S2/c15-9-5-14(12(18)13-9)22(19,20)10-4-7-3-6(11(16)17)1-2-8(7)21-10/h1-4H,5H2,(H,16,17)(H,13,15,18). The lowest BCUT2D eigenvalue weighted by Crippen LogP contribution is -2.33. The number of thiophene rings is 1. The smallest absolute Gasteiger partial charge is 0.338 e. The van der Waals surface area contributed by atoms with E-state index in [1.54, 1.807) is 0 Å². The number of hydrogen-bond acceptors (Lipinski definition) is 6. The van der Waals surface area contributed by atoms with Crippen molar-refractivity contribution in [2.24, 2.45) is 0 Å². The molecule has 0 aliphatic carbocycles. The number of sulfonamides is 1. The van der Waals surface area contributed by atoms with Crippen LogP contribution in [0.1, 0.15) is 10.4 Å². The molecule has 1 aliphatic rings. The van der Waals surface area contributed by atoms with Crippen LogP contribution in [-0.2, 0) is 14.8 Å². The number of carbonyl (C=O) groups excluding carboxylic acids is 2. The molecule has 1 fully saturated rings. The first-order valence-electron chi connectivity index (χ1n) is 5.92. The van der Waals surface area contributed by atoms with Gasteiger partial charge in [-0.25, -0.2) is 22.3 Å². The molecule has 0 spiro atoms. The predicted octanol–water partition coefficient (Wildman–Crippen LogP) is 0.840. The molecule has 2 N–H and O–H groups in total. The second kappa shape index (κ2) is 4.78. The summed E-state index contributed by atoms with van der Waals surface area (Å²) in [7, 11) is -4.14. The van der Waals surface area contributed by atoms with Gasteiger partial charge in [0, 0.05) is 4.70 Å². The Morgan fingerprint density at radius 3 is 2.59 bits per heavy atom. The molecule has 0 saturated carbocycles. The van der Waals surface area contributed by atoms with Crippen LogP contribution in [0.3, 0.4) is 0 Å². The lowest BCUT2D eigenvalue weighted by molar-refractivity contribution is -0.118. The molecule has 0 radical (unpaired) electrons. The van der Waals surface area contributed by atoms with E-state index >= 15 is 0 Å². The Morgan fingerprint density at radius 1 is 1.27 bits per heavy atom. The fourth-order valence-corrected chi connectivity index (χ4v) is 4.78. The molecule has 2 heterocycles. The molecule has 3 amide bonds. The van der Waals surface area contributed by atoms with Crippen LogP contribution in [0.4, 0.5) is 4.79 Å². The van der Waals surface area contributed by atoms with E-state index in [4.69, 9.17) is 5.11 Å². The molecule has 8 nitrogen and oxygen atoms in total. The molecule has 0 bridgehead atoms. The molecular weight excluding hydrogens is 332 g/mol. The highest BCUT2D eigenvalue weighted by molar-refractivity contribution is 7.92. The van der Waals surface area contributed by atoms with Crippen molar-refractivity contribution in [3.05, 3.63) is 29.8 Å². The Hall–Kier alpha value is -2.46. The van der Waals surface area contributed by atoms with Crippen LogP contribution >= 0.6 is 11.3 Å². The molecule has 1 aliphatic heterocycles. The van der Waals surface area contributed by atoms with Crippen molar-refractivity contribution in [3.8, 4) is 0 Å². The van der Waals surface area contributed by atoms with Crippen LogP contribution in [0.25, 0.3) is 10.1 Å². The minimum Gasteiger partial charge on any atom is -0.478 e. The first-order valence-corrected chi connectivity index (χ1v) is 8.18. The number of carbonyl (C=O) groups is 3. The first kappa shape index (κ1) is 14.5. The van der Waals surface area contributed by atoms with Crippen LogP contribution < -0.4 is 5.32 Å². The summed E-state index contributed by atoms with van der Waals surface area (Å²) in [6.45, 7) is -0.560. The van der Waals surface area contributed by atoms with E-state index in [2.05, 4.69) is 0 Å². The maximum Gasteiger partial charge on any atom is 0.338 e. The number of urea groups is 1. The van der Waals surface area contributed by atoms with Crippen LogP contribution in [0, 0.1) is 0 Å². The van der Waals surface area contributed by atoms with Crippen LogP contribution in [0.15, 0.2) is 28.5 Å². The lowest BCUT2D eigenvalue weighted by Gasteiger charge is -2.11. The van der Waals surface area contributed by atoms with Gasteiger partial charge in [-0.1, -0.05) is 0 Å². The molecule has 1 aromatic carbocycles. The third kappa shape index (κ3) is 2.22. The third-order valence-corrected chi connectivity index (χ3v) is 6.34. The van der Waals surface area contributed by atoms with Gasteiger partial charge in [0.05, 0.1) is 5.56 Å². The fourth-order valence-electron chi connectivity index (χ4n) is 2.01. The van der Waals surface area contributed by atoms with Crippen molar-refractivity contribution >= 4 is 49.4 Å². The summed E-state index contributed by atoms with van der Waals surface area (Å²) >= 11 is 0.901. The van der Waals surface area contributed by atoms with Crippen molar-refractivity contribution in [3.63, 3.8) is 0 Å². The normalized spacial score (nSPS) is 15.4. The Morgan fingerprint density at radius 2 is 2.00 bits per heavy atom. The van der Waals surface area contributed by atoms with E-state index in [0.29, 0.717) is 14.4 Å². The third-order valence-electron chi connectivity index (χ3n) is 3.05. The second-order valence-corrected chi connectivity index (χ2v) is 7.66. The highest BCUT2D eigenvalue weighted by atomic mass is 32.2. The van der Waals surface area contributed by atoms with E-state index in [9.17, 15) is 22.8 Å². The van der Waals surface area contributed by atoms with Gasteiger partial charge in [-0.3, -0.25) is 10.1 Å². The van der Waals surface area contributed by atoms with E-state index < -0.39 is 34.5 Å². The van der Waals surface area contributed by atoms with Crippen molar-refractivity contribution < 1.29 is 27.9 Å². The number of nitrogens with zero attached hydrogens (tertiary/aromatic N) is 1. The number of hydrogen-bond donors (Lipinski definition) is 2. The zero-order valence-electron chi connectivity index (χ0n) is 10.8. The maximum absolute atomic E-state index is 12.4. The largest absolute Gasteiger partial charge is 0.478 e. The number of fused-ring (bicyclic) bond motifs is 1. The topological polar surface area (TPSA) is 121 Å². The summed E-state index contributed by atoms with van der Waals surface area (Å²) in [6.07, 6.45) is 0. The number of carboxylic acid groups (broad SMARTS) is 1. The van der Waals surface area contributed by atoms with Crippen LogP contribution in [-0.4, -0.2) is 42.3 Å². The first-order chi connectivity index (χ1) is 10.3. The van der Waals surface area contributed by atoms with Crippen LogP contribution in [0.5, 0.6) is 0 Å². The summed E-state index contributed by atoms with van der Waals surface area (Å²) < 4.78 is 25.7. The van der Waals surface area contributed by atoms with E-state index in [-0.39, 0.29) is 9.77 Å². The van der Waals surface area contributed by atoms with E-state index in [0.717, 1.165) is 11.3 Å². The average Bonchev–Trinajstić information content (AvgIpc) is 3.01. The summed E-state index contributed by atoms with van der Waals surface area (Å²) in [5, 5.41) is 11.3. The fraction of sp³-hybridized carbons (Fsp3) is 0.0833. The Kier molecular flexibility index (Phi) is 3.15. The Balaban J connectivity index is 2.08. The maximum atomic E-state index is 12.4. The number of amides is 3.